The van der Waals surface area contributed by atoms with Gasteiger partial charge >= 0.3 is 0 Å². The number of ketones is 2. The van der Waals surface area contributed by atoms with Gasteiger partial charge in [-0.05, 0) is 98.7 Å². The lowest BCUT2D eigenvalue weighted by molar-refractivity contribution is -0.175. The first kappa shape index (κ1) is 22.0. The molecule has 5 aliphatic rings. The third-order valence-corrected chi connectivity index (χ3v) is 10.4. The summed E-state index contributed by atoms with van der Waals surface area (Å²) in [6, 6.07) is 0. The average molecular weight is 433 g/mol. The summed E-state index contributed by atoms with van der Waals surface area (Å²) >= 11 is 0. The zero-order valence-corrected chi connectivity index (χ0v) is 19.3. The summed E-state index contributed by atoms with van der Waals surface area (Å²) in [5.74, 6) is 1.79. The van der Waals surface area contributed by atoms with Crippen molar-refractivity contribution in [1.29, 1.82) is 0 Å². The fraction of sp³-hybridized carbons (Fsp3) is 0.923. The van der Waals surface area contributed by atoms with Crippen molar-refractivity contribution >= 4 is 11.6 Å². The van der Waals surface area contributed by atoms with E-state index in [0.717, 1.165) is 51.4 Å². The molecule has 0 amide bonds. The minimum atomic E-state index is -0.508. The lowest BCUT2D eigenvalue weighted by Gasteiger charge is -2.60. The van der Waals surface area contributed by atoms with Crippen molar-refractivity contribution in [3.05, 3.63) is 0 Å². The molecule has 0 aromatic heterocycles. The molecule has 0 spiro atoms. The summed E-state index contributed by atoms with van der Waals surface area (Å²) in [6.45, 7) is 5.38. The minimum Gasteiger partial charge on any atom is -0.393 e. The Morgan fingerprint density at radius 2 is 1.87 bits per heavy atom. The van der Waals surface area contributed by atoms with Crippen molar-refractivity contribution in [2.24, 2.45) is 40.4 Å². The van der Waals surface area contributed by atoms with E-state index in [4.69, 9.17) is 9.47 Å². The first-order chi connectivity index (χ1) is 14.8. The van der Waals surface area contributed by atoms with Crippen LogP contribution >= 0.6 is 0 Å². The van der Waals surface area contributed by atoms with Crippen molar-refractivity contribution < 1.29 is 24.2 Å². The lowest BCUT2D eigenvalue weighted by Crippen LogP contribution is -2.56. The van der Waals surface area contributed by atoms with E-state index < -0.39 is 5.92 Å². The predicted molar refractivity (Wildman–Crippen MR) is 116 cm³/mol. The van der Waals surface area contributed by atoms with Gasteiger partial charge in [-0.3, -0.25) is 9.59 Å². The highest BCUT2D eigenvalue weighted by molar-refractivity contribution is 6.03. The average Bonchev–Trinajstić information content (AvgIpc) is 3.07. The van der Waals surface area contributed by atoms with Crippen LogP contribution in [0.4, 0.5) is 0 Å². The molecule has 5 rings (SSSR count). The van der Waals surface area contributed by atoms with Crippen LogP contribution < -0.4 is 0 Å². The number of hydrogen-bond donors (Lipinski definition) is 1. The van der Waals surface area contributed by atoms with Gasteiger partial charge in [-0.15, -0.1) is 0 Å². The van der Waals surface area contributed by atoms with E-state index >= 15 is 0 Å². The van der Waals surface area contributed by atoms with Gasteiger partial charge in [0.15, 0.2) is 12.1 Å². The van der Waals surface area contributed by atoms with E-state index in [2.05, 4.69) is 13.8 Å². The second kappa shape index (κ2) is 8.22. The number of carbonyl (C=O) groups excluding carboxylic acids is 2. The van der Waals surface area contributed by atoms with E-state index in [1.165, 1.54) is 6.42 Å². The number of aliphatic hydroxyl groups excluding tert-OH is 1. The molecule has 1 N–H and O–H groups in total. The fourth-order valence-corrected chi connectivity index (χ4v) is 8.51. The second-order valence-electron chi connectivity index (χ2n) is 11.8. The Kier molecular flexibility index (Phi) is 5.84. The summed E-state index contributed by atoms with van der Waals surface area (Å²) < 4.78 is 11.3. The van der Waals surface area contributed by atoms with Gasteiger partial charge in [0.05, 0.1) is 12.0 Å². The molecule has 1 heterocycles. The van der Waals surface area contributed by atoms with Crippen LogP contribution in [0.3, 0.4) is 0 Å². The van der Waals surface area contributed by atoms with Gasteiger partial charge in [0.25, 0.3) is 0 Å². The van der Waals surface area contributed by atoms with Crippen LogP contribution in [-0.4, -0.2) is 42.3 Å². The quantitative estimate of drug-likeness (QED) is 0.671. The van der Waals surface area contributed by atoms with E-state index in [1.807, 2.05) is 0 Å². The molecule has 31 heavy (non-hydrogen) atoms. The molecule has 4 saturated carbocycles. The van der Waals surface area contributed by atoms with Crippen molar-refractivity contribution in [2.75, 3.05) is 13.2 Å². The van der Waals surface area contributed by atoms with Gasteiger partial charge in [0.2, 0.25) is 0 Å². The molecule has 4 aliphatic carbocycles. The largest absolute Gasteiger partial charge is 0.393 e. The van der Waals surface area contributed by atoms with Crippen LogP contribution in [0.2, 0.25) is 0 Å². The predicted octanol–water partition coefficient (Wildman–Crippen LogP) is 4.30. The van der Waals surface area contributed by atoms with Gasteiger partial charge in [0, 0.05) is 13.0 Å². The van der Waals surface area contributed by atoms with E-state index in [9.17, 15) is 14.7 Å². The van der Waals surface area contributed by atoms with Gasteiger partial charge in [0.1, 0.15) is 12.4 Å². The summed E-state index contributed by atoms with van der Waals surface area (Å²) in [6.07, 6.45) is 10.3. The summed E-state index contributed by atoms with van der Waals surface area (Å²) in [5, 5.41) is 10.7. The number of hydrogen-bond acceptors (Lipinski definition) is 5. The molecular formula is C26H40O5. The standard InChI is InChI=1S/C26H40O5/c1-25-11-10-20-17(19(25)8-9-23(25)29)7-6-16-13-21(27)18(14-26(16,20)2)22(28)15-31-24-5-3-4-12-30-24/h16-20,23-24,29H,3-15H2,1-2H3/t16?,17-,18?,19-,20+,23?,24?,25-,26-/m0/s1. The Morgan fingerprint density at radius 3 is 2.65 bits per heavy atom. The molecule has 174 valence electrons. The monoisotopic (exact) mass is 432 g/mol. The van der Waals surface area contributed by atoms with Crippen LogP contribution in [-0.2, 0) is 19.1 Å². The fourth-order valence-electron chi connectivity index (χ4n) is 8.51. The van der Waals surface area contributed by atoms with Crippen LogP contribution in [0.25, 0.3) is 0 Å². The van der Waals surface area contributed by atoms with E-state index in [0.29, 0.717) is 43.1 Å². The molecule has 1 aliphatic heterocycles. The summed E-state index contributed by atoms with van der Waals surface area (Å²) in [7, 11) is 0. The van der Waals surface area contributed by atoms with Gasteiger partial charge in [-0.1, -0.05) is 13.8 Å². The van der Waals surface area contributed by atoms with Crippen LogP contribution in [0.1, 0.15) is 84.5 Å². The third kappa shape index (κ3) is 3.63. The normalized spacial score (nSPS) is 49.8. The van der Waals surface area contributed by atoms with E-state index in [1.54, 1.807) is 0 Å². The Labute approximate surface area is 186 Å². The maximum absolute atomic E-state index is 13.1. The molecule has 0 bridgehead atoms. The second-order valence-corrected chi connectivity index (χ2v) is 11.8. The molecular weight excluding hydrogens is 392 g/mol. The van der Waals surface area contributed by atoms with E-state index in [-0.39, 0.29) is 41.4 Å². The van der Waals surface area contributed by atoms with Gasteiger partial charge in [-0.25, -0.2) is 0 Å². The Hall–Kier alpha value is -0.780. The first-order valence-corrected chi connectivity index (χ1v) is 12.8. The SMILES string of the molecule is C[C@]12CC(C(=O)COC3CCCCO3)C(=O)CC1CC[C@@H]1[C@H]2CC[C@]2(C)C(O)CC[C@@H]12. The molecule has 9 atom stereocenters. The Bertz CT molecular complexity index is 715. The molecule has 4 unspecified atom stereocenters. The van der Waals surface area contributed by atoms with Crippen LogP contribution in [0, 0.1) is 40.4 Å². The highest BCUT2D eigenvalue weighted by Gasteiger charge is 2.61. The molecule has 0 aromatic carbocycles. The summed E-state index contributed by atoms with van der Waals surface area (Å²) in [4.78, 5) is 26.0. The molecule has 1 saturated heterocycles. The minimum absolute atomic E-state index is 0.00278. The molecule has 5 heteroatoms. The van der Waals surface area contributed by atoms with Crippen molar-refractivity contribution in [2.45, 2.75) is 96.9 Å². The summed E-state index contributed by atoms with van der Waals surface area (Å²) in [5.41, 5.74) is 0.116. The zero-order chi connectivity index (χ0) is 21.8. The number of aliphatic hydroxyl groups is 1. The zero-order valence-electron chi connectivity index (χ0n) is 19.3. The lowest BCUT2D eigenvalue weighted by atomic mass is 9.44. The topological polar surface area (TPSA) is 72.8 Å². The maximum atomic E-state index is 13.1. The van der Waals surface area contributed by atoms with Gasteiger partial charge < -0.3 is 14.6 Å². The molecule has 0 aromatic rings. The number of carbonyl (C=O) groups is 2. The number of rotatable bonds is 4. The highest BCUT2D eigenvalue weighted by atomic mass is 16.7. The van der Waals surface area contributed by atoms with Gasteiger partial charge in [-0.2, -0.15) is 0 Å². The molecule has 5 fully saturated rings. The smallest absolute Gasteiger partial charge is 0.169 e. The number of fused-ring (bicyclic) bond motifs is 5. The van der Waals surface area contributed by atoms with Crippen LogP contribution in [0.15, 0.2) is 0 Å². The third-order valence-electron chi connectivity index (χ3n) is 10.4. The van der Waals surface area contributed by atoms with Crippen molar-refractivity contribution in [1.82, 2.24) is 0 Å². The number of Topliss-reactive ketones (excluding diaryl/α,β-unsaturated/α-hetero) is 2. The maximum Gasteiger partial charge on any atom is 0.169 e. The Morgan fingerprint density at radius 1 is 1.06 bits per heavy atom. The highest BCUT2D eigenvalue weighted by Crippen LogP contribution is 2.66. The molecule has 5 nitrogen and oxygen atoms in total. The molecule has 0 radical (unpaired) electrons. The Balaban J connectivity index is 1.30. The van der Waals surface area contributed by atoms with Crippen LogP contribution in [0.5, 0.6) is 0 Å². The first-order valence-electron chi connectivity index (χ1n) is 12.8. The van der Waals surface area contributed by atoms with Crippen molar-refractivity contribution in [3.8, 4) is 0 Å². The number of ether oxygens (including phenoxy) is 2. The van der Waals surface area contributed by atoms with Crippen molar-refractivity contribution in [3.63, 3.8) is 0 Å².